The normalized spacial score (nSPS) is 25.3. The minimum Gasteiger partial charge on any atom is -0.381 e. The predicted molar refractivity (Wildman–Crippen MR) is 216 cm³/mol. The zero-order valence-corrected chi connectivity index (χ0v) is 33.0. The lowest BCUT2D eigenvalue weighted by Crippen LogP contribution is -2.38. The van der Waals surface area contributed by atoms with Crippen LogP contribution in [0, 0.1) is 23.7 Å². The summed E-state index contributed by atoms with van der Waals surface area (Å²) in [5, 5.41) is 2.80. The van der Waals surface area contributed by atoms with E-state index in [0.717, 1.165) is 95.7 Å². The maximum atomic E-state index is 13.5. The molecule has 55 heavy (non-hydrogen) atoms. The maximum absolute atomic E-state index is 13.5. The largest absolute Gasteiger partial charge is 0.381 e. The van der Waals surface area contributed by atoms with Gasteiger partial charge in [-0.15, -0.1) is 0 Å². The number of rotatable bonds is 9. The average molecular weight is 759 g/mol. The number of aromatic amines is 2. The van der Waals surface area contributed by atoms with Gasteiger partial charge in [0, 0.05) is 49.3 Å². The van der Waals surface area contributed by atoms with Crippen LogP contribution in [0.2, 0.25) is 5.15 Å². The van der Waals surface area contributed by atoms with E-state index in [2.05, 4.69) is 103 Å². The summed E-state index contributed by atoms with van der Waals surface area (Å²) in [5.74, 6) is 3.81. The van der Waals surface area contributed by atoms with Crippen LogP contribution < -0.4 is 0 Å². The lowest BCUT2D eigenvalue weighted by molar-refractivity contribution is -0.136. The summed E-state index contributed by atoms with van der Waals surface area (Å²) in [6.45, 7) is 10.0. The van der Waals surface area contributed by atoms with Gasteiger partial charge in [0.05, 0.1) is 24.0 Å². The molecule has 0 radical (unpaired) electrons. The molecule has 1 aliphatic carbocycles. The molecule has 9 rings (SSSR count). The van der Waals surface area contributed by atoms with Crippen LogP contribution in [0.15, 0.2) is 66.9 Å². The van der Waals surface area contributed by atoms with E-state index in [9.17, 15) is 9.59 Å². The molecule has 6 atom stereocenters. The summed E-state index contributed by atoms with van der Waals surface area (Å²) in [4.78, 5) is 47.7. The van der Waals surface area contributed by atoms with Crippen LogP contribution >= 0.6 is 11.6 Å². The van der Waals surface area contributed by atoms with E-state index in [0.29, 0.717) is 53.4 Å². The zero-order valence-electron chi connectivity index (χ0n) is 32.2. The van der Waals surface area contributed by atoms with Crippen molar-refractivity contribution in [1.29, 1.82) is 0 Å². The van der Waals surface area contributed by atoms with Crippen molar-refractivity contribution >= 4 is 34.2 Å². The molecular weight excluding hydrogens is 708 g/mol. The van der Waals surface area contributed by atoms with Gasteiger partial charge in [0.1, 0.15) is 22.5 Å². The fourth-order valence-electron chi connectivity index (χ4n) is 9.47. The number of imidazole rings is 2. The molecule has 10 heteroatoms. The Hall–Kier alpha value is -4.47. The molecule has 3 saturated heterocycles. The SMILES string of the molecule is CC(C)CC(=O)N1[C@H](C)C(C)C[C@H]1c1nc(-c2ccc(-c3ccc4cc(-c5cnc([C@@H]6CC7CC7N6C(=O)CC6CCOCC6)[nH]5)ccc4c3)cc2)c(Cl)[nH]1. The van der Waals surface area contributed by atoms with Gasteiger partial charge in [0.15, 0.2) is 0 Å². The third kappa shape index (κ3) is 6.99. The third-order valence-electron chi connectivity index (χ3n) is 12.8. The van der Waals surface area contributed by atoms with Crippen LogP contribution in [0.3, 0.4) is 0 Å². The fourth-order valence-corrected chi connectivity index (χ4v) is 9.71. The number of piperidine rings is 1. The Bertz CT molecular complexity index is 2220. The van der Waals surface area contributed by atoms with Crippen LogP contribution in [0.4, 0.5) is 0 Å². The molecule has 0 spiro atoms. The molecule has 5 aromatic rings. The maximum Gasteiger partial charge on any atom is 0.223 e. The molecule has 286 valence electrons. The highest BCUT2D eigenvalue weighted by Gasteiger charge is 2.55. The summed E-state index contributed by atoms with van der Waals surface area (Å²) in [6, 6.07) is 21.9. The Labute approximate surface area is 328 Å². The highest BCUT2D eigenvalue weighted by Crippen LogP contribution is 2.53. The Morgan fingerprint density at radius 2 is 1.49 bits per heavy atom. The van der Waals surface area contributed by atoms with Crippen LogP contribution in [-0.2, 0) is 14.3 Å². The number of amides is 2. The molecule has 3 aromatic carbocycles. The van der Waals surface area contributed by atoms with E-state index in [4.69, 9.17) is 26.3 Å². The molecule has 4 aliphatic rings. The topological polar surface area (TPSA) is 107 Å². The molecule has 4 fully saturated rings. The molecule has 5 heterocycles. The van der Waals surface area contributed by atoms with E-state index in [1.165, 1.54) is 0 Å². The van der Waals surface area contributed by atoms with Gasteiger partial charge in [-0.05, 0) is 96.7 Å². The number of likely N-dealkylation sites (tertiary alicyclic amines) is 2. The highest BCUT2D eigenvalue weighted by molar-refractivity contribution is 6.31. The Morgan fingerprint density at radius 1 is 0.818 bits per heavy atom. The second-order valence-corrected chi connectivity index (χ2v) is 17.4. The van der Waals surface area contributed by atoms with Crippen molar-refractivity contribution in [3.8, 4) is 33.6 Å². The van der Waals surface area contributed by atoms with E-state index in [1.807, 2.05) is 11.1 Å². The molecule has 3 unspecified atom stereocenters. The van der Waals surface area contributed by atoms with E-state index < -0.39 is 0 Å². The molecule has 0 bridgehead atoms. The number of nitrogens with one attached hydrogen (secondary N) is 2. The quantitative estimate of drug-likeness (QED) is 0.156. The van der Waals surface area contributed by atoms with Crippen molar-refractivity contribution in [3.63, 3.8) is 0 Å². The number of ether oxygens (including phenoxy) is 1. The minimum absolute atomic E-state index is 0.0286. The zero-order chi connectivity index (χ0) is 38.0. The van der Waals surface area contributed by atoms with Crippen LogP contribution in [-0.4, -0.2) is 66.8 Å². The van der Waals surface area contributed by atoms with Gasteiger partial charge < -0.3 is 24.5 Å². The average Bonchev–Trinajstić information content (AvgIpc) is 3.54. The Balaban J connectivity index is 0.894. The Kier molecular flexibility index (Phi) is 9.57. The third-order valence-corrected chi connectivity index (χ3v) is 13.1. The molecule has 9 nitrogen and oxygen atoms in total. The number of carbonyl (C=O) groups excluding carboxylic acids is 2. The monoisotopic (exact) mass is 758 g/mol. The number of hydrogen-bond donors (Lipinski definition) is 2. The molecule has 3 aliphatic heterocycles. The van der Waals surface area contributed by atoms with Gasteiger partial charge in [-0.1, -0.05) is 80.9 Å². The van der Waals surface area contributed by atoms with Gasteiger partial charge in [-0.25, -0.2) is 9.97 Å². The van der Waals surface area contributed by atoms with E-state index >= 15 is 0 Å². The van der Waals surface area contributed by atoms with Gasteiger partial charge in [0.25, 0.3) is 0 Å². The molecule has 1 saturated carbocycles. The van der Waals surface area contributed by atoms with Crippen LogP contribution in [0.1, 0.15) is 96.4 Å². The summed E-state index contributed by atoms with van der Waals surface area (Å²) >= 11 is 6.77. The number of H-pyrrole nitrogens is 2. The first-order valence-electron chi connectivity index (χ1n) is 20.3. The number of fused-ring (bicyclic) bond motifs is 2. The first-order chi connectivity index (χ1) is 26.6. The number of halogens is 1. The van der Waals surface area contributed by atoms with Gasteiger partial charge in [0.2, 0.25) is 11.8 Å². The van der Waals surface area contributed by atoms with Crippen molar-refractivity contribution in [2.24, 2.45) is 23.7 Å². The van der Waals surface area contributed by atoms with Crippen molar-refractivity contribution in [2.45, 2.75) is 96.8 Å². The van der Waals surface area contributed by atoms with E-state index in [-0.39, 0.29) is 29.9 Å². The van der Waals surface area contributed by atoms with Crippen LogP contribution in [0.5, 0.6) is 0 Å². The first-order valence-corrected chi connectivity index (χ1v) is 20.6. The smallest absolute Gasteiger partial charge is 0.223 e. The van der Waals surface area contributed by atoms with Gasteiger partial charge >= 0.3 is 0 Å². The Morgan fingerprint density at radius 3 is 2.24 bits per heavy atom. The number of nitrogens with zero attached hydrogens (tertiary/aromatic N) is 4. The second kappa shape index (κ2) is 14.6. The van der Waals surface area contributed by atoms with Crippen molar-refractivity contribution in [2.75, 3.05) is 13.2 Å². The number of benzene rings is 3. The minimum atomic E-state index is -0.110. The van der Waals surface area contributed by atoms with Gasteiger partial charge in [-0.2, -0.15) is 0 Å². The van der Waals surface area contributed by atoms with Crippen molar-refractivity contribution in [3.05, 3.63) is 83.7 Å². The lowest BCUT2D eigenvalue weighted by Gasteiger charge is -2.29. The summed E-state index contributed by atoms with van der Waals surface area (Å²) in [7, 11) is 0. The highest BCUT2D eigenvalue weighted by atomic mass is 35.5. The summed E-state index contributed by atoms with van der Waals surface area (Å²) in [6.07, 6.45) is 8.00. The molecule has 2 aromatic heterocycles. The molecule has 2 amide bonds. The fraction of sp³-hybridized carbons (Fsp3) is 0.467. The molecular formula is C45H51ClN6O3. The van der Waals surface area contributed by atoms with Crippen molar-refractivity contribution < 1.29 is 14.3 Å². The van der Waals surface area contributed by atoms with E-state index in [1.54, 1.807) is 0 Å². The van der Waals surface area contributed by atoms with Crippen LogP contribution in [0.25, 0.3) is 44.4 Å². The molecule has 2 N–H and O–H groups in total. The first kappa shape index (κ1) is 36.2. The standard InChI is InChI=1S/C45H51ClN6O3/c1-25(2)17-40(53)51-27(4)26(3)18-38(51)45-49-42(43(46)50-45)30-7-5-29(6-8-30)31-9-10-33-21-34(12-11-32(33)20-31)36-24-47-44(48-36)39-23-35-22-37(35)52(39)41(54)19-28-13-15-55-16-14-28/h5-12,20-21,24-28,35,37-39H,13-19,22-23H2,1-4H3,(H,47,48)(H,49,50)/t26?,27-,35?,37?,38+,39+/m1/s1. The number of aromatic nitrogens is 4. The number of hydrogen-bond acceptors (Lipinski definition) is 5. The predicted octanol–water partition coefficient (Wildman–Crippen LogP) is 9.76. The van der Waals surface area contributed by atoms with Gasteiger partial charge in [-0.3, -0.25) is 9.59 Å². The second-order valence-electron chi connectivity index (χ2n) is 17.1. The van der Waals surface area contributed by atoms with Crippen molar-refractivity contribution in [1.82, 2.24) is 29.7 Å². The summed E-state index contributed by atoms with van der Waals surface area (Å²) < 4.78 is 5.52. The number of carbonyl (C=O) groups is 2. The summed E-state index contributed by atoms with van der Waals surface area (Å²) in [5.41, 5.74) is 5.92. The lowest BCUT2D eigenvalue weighted by atomic mass is 9.95.